The van der Waals surface area contributed by atoms with E-state index in [9.17, 15) is 4.79 Å². The van der Waals surface area contributed by atoms with E-state index in [1.807, 2.05) is 38.1 Å². The van der Waals surface area contributed by atoms with E-state index in [0.717, 1.165) is 11.3 Å². The molecular weight excluding hydrogens is 302 g/mol. The third-order valence-electron chi connectivity index (χ3n) is 2.79. The number of ether oxygens (including phenoxy) is 1. The second kappa shape index (κ2) is 7.69. The van der Waals surface area contributed by atoms with Crippen LogP contribution in [0.3, 0.4) is 0 Å². The van der Waals surface area contributed by atoms with Crippen molar-refractivity contribution in [3.8, 4) is 17.1 Å². The summed E-state index contributed by atoms with van der Waals surface area (Å²) in [5.74, 6) is 7.53. The van der Waals surface area contributed by atoms with E-state index in [2.05, 4.69) is 15.5 Å². The van der Waals surface area contributed by atoms with Crippen LogP contribution in [0, 0.1) is 0 Å². The molecule has 7 nitrogen and oxygen atoms in total. The highest BCUT2D eigenvalue weighted by Gasteiger charge is 2.13. The lowest BCUT2D eigenvalue weighted by Gasteiger charge is -2.05. The van der Waals surface area contributed by atoms with Crippen LogP contribution in [0.1, 0.15) is 13.8 Å². The fourth-order valence-corrected chi connectivity index (χ4v) is 2.50. The number of nitrogens with zero attached hydrogens (tertiary/aromatic N) is 3. The van der Waals surface area contributed by atoms with Crippen LogP contribution in [0.15, 0.2) is 29.4 Å². The van der Waals surface area contributed by atoms with Crippen LogP contribution in [0.25, 0.3) is 11.4 Å². The molecule has 0 saturated heterocycles. The van der Waals surface area contributed by atoms with Crippen molar-refractivity contribution >= 4 is 17.7 Å². The van der Waals surface area contributed by atoms with Crippen LogP contribution >= 0.6 is 11.8 Å². The normalized spacial score (nSPS) is 10.5. The fraction of sp³-hybridized carbons (Fsp3) is 0.357. The Morgan fingerprint density at radius 3 is 2.68 bits per heavy atom. The zero-order valence-electron chi connectivity index (χ0n) is 12.6. The zero-order valence-corrected chi connectivity index (χ0v) is 13.4. The first kappa shape index (κ1) is 16.2. The molecule has 118 valence electrons. The van der Waals surface area contributed by atoms with Gasteiger partial charge in [0.1, 0.15) is 5.75 Å². The third-order valence-corrected chi connectivity index (χ3v) is 3.74. The molecule has 2 aromatic rings. The number of carbonyl (C=O) groups is 1. The van der Waals surface area contributed by atoms with Gasteiger partial charge in [-0.05, 0) is 38.1 Å². The van der Waals surface area contributed by atoms with Crippen LogP contribution in [0.5, 0.6) is 5.75 Å². The van der Waals surface area contributed by atoms with Crippen LogP contribution < -0.4 is 15.9 Å². The first-order valence-corrected chi connectivity index (χ1v) is 7.97. The Labute approximate surface area is 133 Å². The number of nitrogens with two attached hydrogens (primary N) is 1. The molecule has 0 saturated carbocycles. The smallest absolute Gasteiger partial charge is 0.230 e. The molecule has 8 heteroatoms. The molecule has 0 spiro atoms. The first-order chi connectivity index (χ1) is 10.7. The van der Waals surface area contributed by atoms with E-state index in [-0.39, 0.29) is 11.7 Å². The van der Waals surface area contributed by atoms with Crippen molar-refractivity contribution in [2.45, 2.75) is 19.0 Å². The zero-order chi connectivity index (χ0) is 15.9. The number of hydrogen-bond acceptors (Lipinski definition) is 6. The lowest BCUT2D eigenvalue weighted by atomic mass is 10.2. The van der Waals surface area contributed by atoms with Crippen molar-refractivity contribution in [1.82, 2.24) is 20.2 Å². The average molecular weight is 321 g/mol. The van der Waals surface area contributed by atoms with E-state index in [0.29, 0.717) is 24.1 Å². The van der Waals surface area contributed by atoms with Crippen molar-refractivity contribution in [3.63, 3.8) is 0 Å². The van der Waals surface area contributed by atoms with Gasteiger partial charge in [-0.15, -0.1) is 10.2 Å². The largest absolute Gasteiger partial charge is 0.494 e. The maximum atomic E-state index is 11.5. The predicted molar refractivity (Wildman–Crippen MR) is 86.2 cm³/mol. The van der Waals surface area contributed by atoms with Crippen LogP contribution in [0.4, 0.5) is 0 Å². The number of rotatable bonds is 7. The SMILES string of the molecule is CCNC(=O)CSc1nnc(-c2ccc(OCC)cc2)n1N. The maximum Gasteiger partial charge on any atom is 0.230 e. The number of nitrogen functional groups attached to an aromatic ring is 1. The van der Waals surface area contributed by atoms with Gasteiger partial charge in [-0.3, -0.25) is 4.79 Å². The van der Waals surface area contributed by atoms with Crippen molar-refractivity contribution < 1.29 is 9.53 Å². The summed E-state index contributed by atoms with van der Waals surface area (Å²) in [6.07, 6.45) is 0. The number of carbonyl (C=O) groups excluding carboxylic acids is 1. The fourth-order valence-electron chi connectivity index (χ4n) is 1.82. The van der Waals surface area contributed by atoms with Crippen LogP contribution in [-0.4, -0.2) is 39.7 Å². The predicted octanol–water partition coefficient (Wildman–Crippen LogP) is 1.29. The molecule has 0 atom stereocenters. The topological polar surface area (TPSA) is 95.1 Å². The van der Waals surface area contributed by atoms with Gasteiger partial charge in [0.15, 0.2) is 5.82 Å². The van der Waals surface area contributed by atoms with Crippen molar-refractivity contribution in [3.05, 3.63) is 24.3 Å². The van der Waals surface area contributed by atoms with Gasteiger partial charge in [0.2, 0.25) is 11.1 Å². The van der Waals surface area contributed by atoms with Gasteiger partial charge < -0.3 is 15.9 Å². The molecule has 0 fully saturated rings. The Balaban J connectivity index is 2.08. The minimum Gasteiger partial charge on any atom is -0.494 e. The summed E-state index contributed by atoms with van der Waals surface area (Å²) in [6.45, 7) is 5.03. The number of amides is 1. The lowest BCUT2D eigenvalue weighted by Crippen LogP contribution is -2.24. The Kier molecular flexibility index (Phi) is 5.65. The highest BCUT2D eigenvalue weighted by Crippen LogP contribution is 2.23. The number of hydrogen-bond donors (Lipinski definition) is 2. The molecule has 1 aromatic heterocycles. The molecule has 1 amide bonds. The van der Waals surface area contributed by atoms with Crippen LogP contribution in [0.2, 0.25) is 0 Å². The molecule has 0 unspecified atom stereocenters. The van der Waals surface area contributed by atoms with Gasteiger partial charge in [-0.2, -0.15) is 0 Å². The summed E-state index contributed by atoms with van der Waals surface area (Å²) in [6, 6.07) is 7.46. The monoisotopic (exact) mass is 321 g/mol. The standard InChI is InChI=1S/C14H19N5O2S/c1-3-16-12(20)9-22-14-18-17-13(19(14)15)10-5-7-11(8-6-10)21-4-2/h5-8H,3-4,9,15H2,1-2H3,(H,16,20). The molecule has 22 heavy (non-hydrogen) atoms. The molecule has 3 N–H and O–H groups in total. The first-order valence-electron chi connectivity index (χ1n) is 6.99. The summed E-state index contributed by atoms with van der Waals surface area (Å²) in [5.41, 5.74) is 0.836. The Hall–Kier alpha value is -2.22. The molecular formula is C14H19N5O2S. The molecule has 2 rings (SSSR count). The molecule has 0 aliphatic carbocycles. The molecule has 0 radical (unpaired) electrons. The summed E-state index contributed by atoms with van der Waals surface area (Å²) in [7, 11) is 0. The molecule has 0 bridgehead atoms. The summed E-state index contributed by atoms with van der Waals surface area (Å²) >= 11 is 1.25. The summed E-state index contributed by atoms with van der Waals surface area (Å²) in [4.78, 5) is 11.5. The van der Waals surface area contributed by atoms with Crippen molar-refractivity contribution in [2.75, 3.05) is 24.7 Å². The molecule has 1 aromatic carbocycles. The molecule has 1 heterocycles. The number of nitrogens with one attached hydrogen (secondary N) is 1. The van der Waals surface area contributed by atoms with Crippen LogP contribution in [-0.2, 0) is 4.79 Å². The minimum absolute atomic E-state index is 0.0573. The van der Waals surface area contributed by atoms with E-state index < -0.39 is 0 Å². The average Bonchev–Trinajstić information content (AvgIpc) is 2.88. The number of aromatic nitrogens is 3. The van der Waals surface area contributed by atoms with Gasteiger partial charge in [-0.1, -0.05) is 11.8 Å². The van der Waals surface area contributed by atoms with E-state index in [1.54, 1.807) is 0 Å². The number of benzene rings is 1. The summed E-state index contributed by atoms with van der Waals surface area (Å²) in [5, 5.41) is 11.3. The highest BCUT2D eigenvalue weighted by molar-refractivity contribution is 7.99. The quantitative estimate of drug-likeness (QED) is 0.589. The third kappa shape index (κ3) is 3.91. The Morgan fingerprint density at radius 1 is 1.32 bits per heavy atom. The molecule has 0 aliphatic heterocycles. The van der Waals surface area contributed by atoms with E-state index in [1.165, 1.54) is 16.4 Å². The van der Waals surface area contributed by atoms with Gasteiger partial charge in [-0.25, -0.2) is 4.68 Å². The van der Waals surface area contributed by atoms with Gasteiger partial charge in [0.05, 0.1) is 12.4 Å². The minimum atomic E-state index is -0.0573. The van der Waals surface area contributed by atoms with E-state index in [4.69, 9.17) is 10.6 Å². The second-order valence-electron chi connectivity index (χ2n) is 4.38. The van der Waals surface area contributed by atoms with Crippen molar-refractivity contribution in [2.24, 2.45) is 0 Å². The Morgan fingerprint density at radius 2 is 2.05 bits per heavy atom. The lowest BCUT2D eigenvalue weighted by molar-refractivity contribution is -0.118. The van der Waals surface area contributed by atoms with Gasteiger partial charge >= 0.3 is 0 Å². The summed E-state index contributed by atoms with van der Waals surface area (Å²) < 4.78 is 6.79. The second-order valence-corrected chi connectivity index (χ2v) is 5.32. The number of thioether (sulfide) groups is 1. The highest BCUT2D eigenvalue weighted by atomic mass is 32.2. The van der Waals surface area contributed by atoms with Gasteiger partial charge in [0.25, 0.3) is 0 Å². The molecule has 0 aliphatic rings. The van der Waals surface area contributed by atoms with Crippen molar-refractivity contribution in [1.29, 1.82) is 0 Å². The Bertz CT molecular complexity index is 627. The van der Waals surface area contributed by atoms with Gasteiger partial charge in [0, 0.05) is 12.1 Å². The maximum absolute atomic E-state index is 11.5. The van der Waals surface area contributed by atoms with E-state index >= 15 is 0 Å².